The summed E-state index contributed by atoms with van der Waals surface area (Å²) in [5.41, 5.74) is -0.859. The zero-order valence-electron chi connectivity index (χ0n) is 15.2. The molecule has 0 unspecified atom stereocenters. The van der Waals surface area contributed by atoms with E-state index in [1.807, 2.05) is 0 Å². The van der Waals surface area contributed by atoms with Gasteiger partial charge in [0.2, 0.25) is 0 Å². The smallest absolute Gasteiger partial charge is 0.396 e. The van der Waals surface area contributed by atoms with Crippen molar-refractivity contribution < 1.29 is 27.5 Å². The first kappa shape index (κ1) is 20.3. The maximum Gasteiger partial charge on any atom is 0.416 e. The molecule has 0 aliphatic carbocycles. The lowest BCUT2D eigenvalue weighted by Crippen LogP contribution is -2.49. The Kier molecular flexibility index (Phi) is 5.74. The Morgan fingerprint density at radius 2 is 1.79 bits per heavy atom. The van der Waals surface area contributed by atoms with Crippen LogP contribution in [0, 0.1) is 11.2 Å². The van der Waals surface area contributed by atoms with Crippen molar-refractivity contribution in [2.24, 2.45) is 5.41 Å². The van der Waals surface area contributed by atoms with Crippen LogP contribution in [0.1, 0.15) is 34.3 Å². The number of amides is 1. The molecule has 1 atom stereocenters. The quantitative estimate of drug-likeness (QED) is 0.784. The molecule has 3 nitrogen and oxygen atoms in total. The lowest BCUT2D eigenvalue weighted by atomic mass is 9.75. The number of piperidine rings is 1. The summed E-state index contributed by atoms with van der Waals surface area (Å²) in [7, 11) is 0. The molecule has 1 aliphatic heterocycles. The minimum Gasteiger partial charge on any atom is -0.396 e. The summed E-state index contributed by atoms with van der Waals surface area (Å²) < 4.78 is 52.2. The maximum atomic E-state index is 14.1. The van der Waals surface area contributed by atoms with E-state index < -0.39 is 17.2 Å². The number of rotatable bonds is 4. The molecule has 1 fully saturated rings. The van der Waals surface area contributed by atoms with Gasteiger partial charge in [0.25, 0.3) is 5.91 Å². The van der Waals surface area contributed by atoms with E-state index >= 15 is 0 Å². The van der Waals surface area contributed by atoms with Crippen molar-refractivity contribution in [3.8, 4) is 0 Å². The monoisotopic (exact) mass is 395 g/mol. The predicted molar refractivity (Wildman–Crippen MR) is 96.2 cm³/mol. The standard InChI is InChI=1S/C21H21F4NO2/c22-18-5-2-1-4-16(18)12-20(14-27)10-3-11-26(13-20)19(28)15-6-8-17(9-7-15)21(23,24)25/h1-2,4-9,27H,3,10-14H2/t20-/m0/s1. The molecule has 1 saturated heterocycles. The van der Waals surface area contributed by atoms with Crippen LogP contribution in [0.3, 0.4) is 0 Å². The van der Waals surface area contributed by atoms with Crippen LogP contribution in [0.25, 0.3) is 0 Å². The van der Waals surface area contributed by atoms with Gasteiger partial charge in [-0.05, 0) is 55.2 Å². The fraction of sp³-hybridized carbons (Fsp3) is 0.381. The van der Waals surface area contributed by atoms with Crippen LogP contribution in [0.4, 0.5) is 17.6 Å². The lowest BCUT2D eigenvalue weighted by molar-refractivity contribution is -0.137. The maximum absolute atomic E-state index is 14.1. The Morgan fingerprint density at radius 3 is 2.39 bits per heavy atom. The van der Waals surface area contributed by atoms with E-state index in [9.17, 15) is 27.5 Å². The van der Waals surface area contributed by atoms with Gasteiger partial charge in [0.1, 0.15) is 5.82 Å². The lowest BCUT2D eigenvalue weighted by Gasteiger charge is -2.42. The number of nitrogens with zero attached hydrogens (tertiary/aromatic N) is 1. The van der Waals surface area contributed by atoms with Gasteiger partial charge in [0, 0.05) is 24.1 Å². The van der Waals surface area contributed by atoms with E-state index in [0.29, 0.717) is 24.9 Å². The van der Waals surface area contributed by atoms with Gasteiger partial charge in [-0.25, -0.2) is 4.39 Å². The second-order valence-electron chi connectivity index (χ2n) is 7.33. The van der Waals surface area contributed by atoms with E-state index in [4.69, 9.17) is 0 Å². The van der Waals surface area contributed by atoms with Crippen molar-refractivity contribution in [1.82, 2.24) is 4.90 Å². The number of carbonyl (C=O) groups is 1. The third-order valence-electron chi connectivity index (χ3n) is 5.27. The Morgan fingerprint density at radius 1 is 1.11 bits per heavy atom. The molecule has 0 spiro atoms. The molecule has 1 amide bonds. The minimum atomic E-state index is -4.46. The topological polar surface area (TPSA) is 40.5 Å². The van der Waals surface area contributed by atoms with Crippen LogP contribution in [-0.2, 0) is 12.6 Å². The molecule has 0 bridgehead atoms. The molecule has 1 aliphatic rings. The van der Waals surface area contributed by atoms with Crippen molar-refractivity contribution in [1.29, 1.82) is 0 Å². The van der Waals surface area contributed by atoms with E-state index in [-0.39, 0.29) is 36.9 Å². The largest absolute Gasteiger partial charge is 0.416 e. The van der Waals surface area contributed by atoms with Gasteiger partial charge in [-0.2, -0.15) is 13.2 Å². The van der Waals surface area contributed by atoms with Crippen molar-refractivity contribution in [3.63, 3.8) is 0 Å². The average Bonchev–Trinajstić information content (AvgIpc) is 2.69. The van der Waals surface area contributed by atoms with Gasteiger partial charge in [-0.3, -0.25) is 4.79 Å². The van der Waals surface area contributed by atoms with Gasteiger partial charge >= 0.3 is 6.18 Å². The first-order valence-corrected chi connectivity index (χ1v) is 9.05. The molecule has 3 rings (SSSR count). The van der Waals surface area contributed by atoms with Crippen LogP contribution in [0.15, 0.2) is 48.5 Å². The summed E-state index contributed by atoms with van der Waals surface area (Å²) in [6.07, 6.45) is -2.92. The summed E-state index contributed by atoms with van der Waals surface area (Å²) in [4.78, 5) is 14.3. The highest BCUT2D eigenvalue weighted by atomic mass is 19.4. The highest BCUT2D eigenvalue weighted by molar-refractivity contribution is 5.94. The summed E-state index contributed by atoms with van der Waals surface area (Å²) >= 11 is 0. The third-order valence-corrected chi connectivity index (χ3v) is 5.27. The van der Waals surface area contributed by atoms with E-state index in [1.165, 1.54) is 11.0 Å². The van der Waals surface area contributed by atoms with Crippen molar-refractivity contribution >= 4 is 5.91 Å². The van der Waals surface area contributed by atoms with Crippen LogP contribution in [0.2, 0.25) is 0 Å². The highest BCUT2D eigenvalue weighted by Gasteiger charge is 2.38. The van der Waals surface area contributed by atoms with Gasteiger partial charge in [0.15, 0.2) is 0 Å². The van der Waals surface area contributed by atoms with Gasteiger partial charge < -0.3 is 10.0 Å². The number of benzene rings is 2. The Labute approximate surface area is 160 Å². The zero-order valence-corrected chi connectivity index (χ0v) is 15.2. The van der Waals surface area contributed by atoms with Crippen LogP contribution in [0.5, 0.6) is 0 Å². The number of hydrogen-bond donors (Lipinski definition) is 1. The fourth-order valence-corrected chi connectivity index (χ4v) is 3.74. The van der Waals surface area contributed by atoms with Crippen molar-refractivity contribution in [2.75, 3.05) is 19.7 Å². The summed E-state index contributed by atoms with van der Waals surface area (Å²) in [5.74, 6) is -0.749. The van der Waals surface area contributed by atoms with E-state index in [1.54, 1.807) is 18.2 Å². The summed E-state index contributed by atoms with van der Waals surface area (Å²) in [6, 6.07) is 10.4. The number of likely N-dealkylation sites (tertiary alicyclic amines) is 1. The van der Waals surface area contributed by atoms with Crippen LogP contribution >= 0.6 is 0 Å². The number of hydrogen-bond acceptors (Lipinski definition) is 2. The first-order valence-electron chi connectivity index (χ1n) is 9.05. The Bertz CT molecular complexity index is 835. The number of aliphatic hydroxyl groups excluding tert-OH is 1. The first-order chi connectivity index (χ1) is 13.2. The number of halogens is 4. The number of carbonyl (C=O) groups excluding carboxylic acids is 1. The second kappa shape index (κ2) is 7.91. The molecular weight excluding hydrogens is 374 g/mol. The molecule has 2 aromatic carbocycles. The molecule has 1 N–H and O–H groups in total. The predicted octanol–water partition coefficient (Wildman–Crippen LogP) is 4.30. The molecule has 0 radical (unpaired) electrons. The second-order valence-corrected chi connectivity index (χ2v) is 7.33. The van der Waals surface area contributed by atoms with Crippen molar-refractivity contribution in [2.45, 2.75) is 25.4 Å². The Hall–Kier alpha value is -2.41. The van der Waals surface area contributed by atoms with Gasteiger partial charge in [-0.15, -0.1) is 0 Å². The van der Waals surface area contributed by atoms with Gasteiger partial charge in [-0.1, -0.05) is 18.2 Å². The summed E-state index contributed by atoms with van der Waals surface area (Å²) in [5, 5.41) is 10.0. The zero-order chi connectivity index (χ0) is 20.4. The minimum absolute atomic E-state index is 0.160. The normalized spacial score (nSPS) is 20.2. The summed E-state index contributed by atoms with van der Waals surface area (Å²) in [6.45, 7) is 0.453. The molecule has 28 heavy (non-hydrogen) atoms. The molecule has 0 saturated carbocycles. The molecule has 7 heteroatoms. The molecule has 2 aromatic rings. The molecule has 1 heterocycles. The van der Waals surface area contributed by atoms with Gasteiger partial charge in [0.05, 0.1) is 12.2 Å². The highest BCUT2D eigenvalue weighted by Crippen LogP contribution is 2.35. The number of aliphatic hydroxyl groups is 1. The molecule has 150 valence electrons. The van der Waals surface area contributed by atoms with E-state index in [2.05, 4.69) is 0 Å². The van der Waals surface area contributed by atoms with Crippen molar-refractivity contribution in [3.05, 3.63) is 71.0 Å². The fourth-order valence-electron chi connectivity index (χ4n) is 3.74. The Balaban J connectivity index is 1.77. The average molecular weight is 395 g/mol. The van der Waals surface area contributed by atoms with E-state index in [0.717, 1.165) is 24.3 Å². The van der Waals surface area contributed by atoms with Crippen LogP contribution in [-0.4, -0.2) is 35.6 Å². The van der Waals surface area contributed by atoms with Crippen LogP contribution < -0.4 is 0 Å². The SMILES string of the molecule is O=C(c1ccc(C(F)(F)F)cc1)N1CCC[C@](CO)(Cc2ccccc2F)C1. The molecule has 0 aromatic heterocycles. The molecular formula is C21H21F4NO2. The third kappa shape index (κ3) is 4.35. The number of alkyl halides is 3.